The van der Waals surface area contributed by atoms with E-state index in [-0.39, 0.29) is 0 Å². The van der Waals surface area contributed by atoms with Crippen LogP contribution in [0.1, 0.15) is 20.3 Å². The topological polar surface area (TPSA) is 33.3 Å². The van der Waals surface area contributed by atoms with E-state index in [0.29, 0.717) is 17.3 Å². The van der Waals surface area contributed by atoms with Crippen molar-refractivity contribution in [3.8, 4) is 0 Å². The van der Waals surface area contributed by atoms with E-state index in [0.717, 1.165) is 32.7 Å². The van der Waals surface area contributed by atoms with E-state index in [1.165, 1.54) is 0 Å². The summed E-state index contributed by atoms with van der Waals surface area (Å²) in [6.45, 7) is 8.33. The molecule has 1 heterocycles. The summed E-state index contributed by atoms with van der Waals surface area (Å²) in [5.74, 6) is 0. The third-order valence-corrected chi connectivity index (χ3v) is 3.76. The first kappa shape index (κ1) is 13.3. The fourth-order valence-electron chi connectivity index (χ4n) is 1.73. The molecule has 0 bridgehead atoms. The molecular weight excluding hydrogens is 208 g/mol. The van der Waals surface area contributed by atoms with E-state index < -0.39 is 0 Å². The van der Waals surface area contributed by atoms with Gasteiger partial charge < -0.3 is 15.4 Å². The summed E-state index contributed by atoms with van der Waals surface area (Å²) in [6, 6.07) is 1.10. The molecule has 1 rings (SSSR count). The second-order valence-electron chi connectivity index (χ2n) is 4.32. The summed E-state index contributed by atoms with van der Waals surface area (Å²) in [6.07, 6.45) is 3.31. The summed E-state index contributed by atoms with van der Waals surface area (Å²) < 4.78 is 5.44. The van der Waals surface area contributed by atoms with Crippen LogP contribution in [0.3, 0.4) is 0 Å². The van der Waals surface area contributed by atoms with Crippen molar-refractivity contribution in [2.75, 3.05) is 32.6 Å². The van der Waals surface area contributed by atoms with Gasteiger partial charge in [-0.1, -0.05) is 6.92 Å². The van der Waals surface area contributed by atoms with E-state index >= 15 is 0 Å². The van der Waals surface area contributed by atoms with Crippen LogP contribution in [0.25, 0.3) is 0 Å². The fraction of sp³-hybridized carbons (Fsp3) is 1.00. The zero-order chi connectivity index (χ0) is 11.1. The molecule has 3 nitrogen and oxygen atoms in total. The molecular formula is C11H24N2OS. The molecule has 90 valence electrons. The maximum Gasteiger partial charge on any atom is 0.0620 e. The highest BCUT2D eigenvalue weighted by Gasteiger charge is 2.16. The Bertz CT molecular complexity index is 163. The van der Waals surface area contributed by atoms with Crippen molar-refractivity contribution in [3.63, 3.8) is 0 Å². The van der Waals surface area contributed by atoms with E-state index in [2.05, 4.69) is 30.7 Å². The third kappa shape index (κ3) is 5.76. The minimum Gasteiger partial charge on any atom is -0.379 e. The molecule has 3 unspecified atom stereocenters. The average molecular weight is 232 g/mol. The van der Waals surface area contributed by atoms with Gasteiger partial charge in [0, 0.05) is 30.4 Å². The van der Waals surface area contributed by atoms with E-state index in [1.54, 1.807) is 0 Å². The Morgan fingerprint density at radius 2 is 2.33 bits per heavy atom. The van der Waals surface area contributed by atoms with Crippen LogP contribution in [0.4, 0.5) is 0 Å². The van der Waals surface area contributed by atoms with Gasteiger partial charge in [0.25, 0.3) is 0 Å². The summed E-state index contributed by atoms with van der Waals surface area (Å²) in [7, 11) is 0. The number of thioether (sulfide) groups is 1. The van der Waals surface area contributed by atoms with E-state index in [4.69, 9.17) is 4.74 Å². The van der Waals surface area contributed by atoms with Gasteiger partial charge in [-0.15, -0.1) is 0 Å². The molecule has 0 aromatic heterocycles. The van der Waals surface area contributed by atoms with Gasteiger partial charge in [0.2, 0.25) is 0 Å². The lowest BCUT2D eigenvalue weighted by Crippen LogP contribution is -2.45. The Balaban J connectivity index is 2.08. The van der Waals surface area contributed by atoms with Crippen LogP contribution in [0, 0.1) is 0 Å². The van der Waals surface area contributed by atoms with E-state index in [1.807, 2.05) is 11.8 Å². The van der Waals surface area contributed by atoms with Crippen LogP contribution in [-0.4, -0.2) is 49.9 Å². The molecule has 0 amide bonds. The summed E-state index contributed by atoms with van der Waals surface area (Å²) in [4.78, 5) is 0. The van der Waals surface area contributed by atoms with Crippen molar-refractivity contribution in [1.29, 1.82) is 0 Å². The molecule has 0 aromatic carbocycles. The highest BCUT2D eigenvalue weighted by atomic mass is 32.2. The number of rotatable bonds is 6. The van der Waals surface area contributed by atoms with Gasteiger partial charge in [-0.05, 0) is 19.6 Å². The van der Waals surface area contributed by atoms with Gasteiger partial charge in [0.15, 0.2) is 0 Å². The lowest BCUT2D eigenvalue weighted by atomic mass is 10.1. The number of morpholine rings is 1. The van der Waals surface area contributed by atoms with Gasteiger partial charge in [-0.25, -0.2) is 0 Å². The molecule has 0 radical (unpaired) electrons. The second kappa shape index (κ2) is 7.49. The third-order valence-electron chi connectivity index (χ3n) is 2.79. The monoisotopic (exact) mass is 232 g/mol. The Kier molecular flexibility index (Phi) is 6.64. The van der Waals surface area contributed by atoms with Crippen LogP contribution in [-0.2, 0) is 4.74 Å². The average Bonchev–Trinajstić information content (AvgIpc) is 2.27. The Labute approximate surface area is 97.7 Å². The minimum absolute atomic E-state index is 0.533. The van der Waals surface area contributed by atoms with Gasteiger partial charge in [-0.3, -0.25) is 0 Å². The molecule has 1 saturated heterocycles. The molecule has 0 aliphatic carbocycles. The summed E-state index contributed by atoms with van der Waals surface area (Å²) >= 11 is 1.91. The standard InChI is InChI=1S/C11H24N2OS/c1-9(13-7-10(2)15-3)6-11-8-14-5-4-12-11/h9-13H,4-8H2,1-3H3. The highest BCUT2D eigenvalue weighted by Crippen LogP contribution is 2.06. The molecule has 2 N–H and O–H groups in total. The van der Waals surface area contributed by atoms with Gasteiger partial charge in [0.05, 0.1) is 13.2 Å². The predicted molar refractivity (Wildman–Crippen MR) is 67.7 cm³/mol. The van der Waals surface area contributed by atoms with Crippen molar-refractivity contribution in [1.82, 2.24) is 10.6 Å². The van der Waals surface area contributed by atoms with Crippen LogP contribution < -0.4 is 10.6 Å². The molecule has 15 heavy (non-hydrogen) atoms. The second-order valence-corrected chi connectivity index (χ2v) is 5.59. The van der Waals surface area contributed by atoms with Crippen molar-refractivity contribution in [2.24, 2.45) is 0 Å². The summed E-state index contributed by atoms with van der Waals surface area (Å²) in [5, 5.41) is 7.74. The molecule has 3 atom stereocenters. The first-order valence-corrected chi connectivity index (χ1v) is 7.08. The van der Waals surface area contributed by atoms with Crippen LogP contribution in [0.15, 0.2) is 0 Å². The first-order chi connectivity index (χ1) is 7.22. The number of hydrogen-bond acceptors (Lipinski definition) is 4. The minimum atomic E-state index is 0.533. The van der Waals surface area contributed by atoms with Crippen LogP contribution in [0.2, 0.25) is 0 Å². The zero-order valence-corrected chi connectivity index (χ0v) is 10.9. The Hall–Kier alpha value is 0.230. The largest absolute Gasteiger partial charge is 0.379 e. The number of ether oxygens (including phenoxy) is 1. The van der Waals surface area contributed by atoms with Crippen LogP contribution >= 0.6 is 11.8 Å². The Morgan fingerprint density at radius 3 is 2.93 bits per heavy atom. The molecule has 1 aliphatic heterocycles. The van der Waals surface area contributed by atoms with E-state index in [9.17, 15) is 0 Å². The maximum atomic E-state index is 5.44. The Morgan fingerprint density at radius 1 is 1.53 bits per heavy atom. The number of nitrogens with one attached hydrogen (secondary N) is 2. The SMILES string of the molecule is CSC(C)CNC(C)CC1COCCN1. The van der Waals surface area contributed by atoms with Crippen molar-refractivity contribution >= 4 is 11.8 Å². The molecule has 0 saturated carbocycles. The molecule has 0 spiro atoms. The van der Waals surface area contributed by atoms with Crippen molar-refractivity contribution in [3.05, 3.63) is 0 Å². The normalized spacial score (nSPS) is 26.2. The van der Waals surface area contributed by atoms with Gasteiger partial charge in [0.1, 0.15) is 0 Å². The fourth-order valence-corrected chi connectivity index (χ4v) is 1.99. The predicted octanol–water partition coefficient (Wildman–Crippen LogP) is 1.09. The van der Waals surface area contributed by atoms with Gasteiger partial charge >= 0.3 is 0 Å². The molecule has 1 fully saturated rings. The molecule has 0 aromatic rings. The zero-order valence-electron chi connectivity index (χ0n) is 10.1. The lowest BCUT2D eigenvalue weighted by Gasteiger charge is -2.27. The quantitative estimate of drug-likeness (QED) is 0.718. The van der Waals surface area contributed by atoms with Crippen molar-refractivity contribution < 1.29 is 4.74 Å². The molecule has 4 heteroatoms. The van der Waals surface area contributed by atoms with Crippen LogP contribution in [0.5, 0.6) is 0 Å². The highest BCUT2D eigenvalue weighted by molar-refractivity contribution is 7.99. The number of hydrogen-bond donors (Lipinski definition) is 2. The maximum absolute atomic E-state index is 5.44. The summed E-state index contributed by atoms with van der Waals surface area (Å²) in [5.41, 5.74) is 0. The first-order valence-electron chi connectivity index (χ1n) is 5.79. The van der Waals surface area contributed by atoms with Crippen molar-refractivity contribution in [2.45, 2.75) is 37.6 Å². The lowest BCUT2D eigenvalue weighted by molar-refractivity contribution is 0.0713. The molecule has 1 aliphatic rings. The smallest absolute Gasteiger partial charge is 0.0620 e. The van der Waals surface area contributed by atoms with Gasteiger partial charge in [-0.2, -0.15) is 11.8 Å².